The number of carbonyl (C=O) groups is 1. The van der Waals surface area contributed by atoms with Crippen molar-refractivity contribution < 1.29 is 9.53 Å². The maximum absolute atomic E-state index is 12.0. The van der Waals surface area contributed by atoms with E-state index in [9.17, 15) is 4.79 Å². The Morgan fingerprint density at radius 2 is 1.88 bits per heavy atom. The van der Waals surface area contributed by atoms with Crippen LogP contribution in [0.1, 0.15) is 61.3 Å². The molecule has 1 atom stereocenters. The van der Waals surface area contributed by atoms with E-state index in [1.54, 1.807) is 10.9 Å². The highest BCUT2D eigenvalue weighted by Gasteiger charge is 2.18. The van der Waals surface area contributed by atoms with E-state index < -0.39 is 0 Å². The van der Waals surface area contributed by atoms with Crippen molar-refractivity contribution in [2.24, 2.45) is 5.92 Å². The standard InChI is InChI=1S/C19H23N3O2.C2H6/c1-4-14(2)11-18-17(19(23)24-3)13-22(21-18)12-16-7-5-15(6-8-16)9-10-20;1-2/h5-8,13-14H,4,9,11-12H2,1-3H3;1-2H3. The number of hydrogen-bond acceptors (Lipinski definition) is 4. The van der Waals surface area contributed by atoms with Crippen LogP contribution in [0, 0.1) is 17.2 Å². The van der Waals surface area contributed by atoms with E-state index in [2.05, 4.69) is 25.0 Å². The average molecular weight is 355 g/mol. The van der Waals surface area contributed by atoms with Crippen molar-refractivity contribution in [1.82, 2.24) is 9.78 Å². The third-order valence-corrected chi connectivity index (χ3v) is 4.13. The number of hydrogen-bond donors (Lipinski definition) is 0. The predicted octanol–water partition coefficient (Wildman–Crippen LogP) is 4.40. The zero-order chi connectivity index (χ0) is 19.5. The molecule has 2 rings (SSSR count). The summed E-state index contributed by atoms with van der Waals surface area (Å²) in [5, 5.41) is 13.3. The van der Waals surface area contributed by atoms with Crippen molar-refractivity contribution in [2.75, 3.05) is 7.11 Å². The van der Waals surface area contributed by atoms with Gasteiger partial charge in [0.1, 0.15) is 5.56 Å². The second-order valence-corrected chi connectivity index (χ2v) is 6.05. The third-order valence-electron chi connectivity index (χ3n) is 4.13. The maximum Gasteiger partial charge on any atom is 0.341 e. The third kappa shape index (κ3) is 6.03. The van der Waals surface area contributed by atoms with Gasteiger partial charge in [0.15, 0.2) is 0 Å². The fourth-order valence-corrected chi connectivity index (χ4v) is 2.49. The van der Waals surface area contributed by atoms with Crippen LogP contribution < -0.4 is 0 Å². The van der Waals surface area contributed by atoms with Crippen molar-refractivity contribution in [3.63, 3.8) is 0 Å². The molecule has 2 aromatic rings. The SMILES string of the molecule is CC.CCC(C)Cc1nn(Cc2ccc(CC#N)cc2)cc1C(=O)OC. The van der Waals surface area contributed by atoms with Crippen molar-refractivity contribution >= 4 is 5.97 Å². The van der Waals surface area contributed by atoms with Crippen LogP contribution in [0.15, 0.2) is 30.5 Å². The average Bonchev–Trinajstić information content (AvgIpc) is 3.06. The van der Waals surface area contributed by atoms with Crippen LogP contribution in [0.2, 0.25) is 0 Å². The van der Waals surface area contributed by atoms with E-state index in [0.29, 0.717) is 24.4 Å². The monoisotopic (exact) mass is 355 g/mol. The lowest BCUT2D eigenvalue weighted by atomic mass is 10.0. The summed E-state index contributed by atoms with van der Waals surface area (Å²) in [6.07, 6.45) is 3.96. The number of esters is 1. The molecule has 0 aliphatic rings. The van der Waals surface area contributed by atoms with E-state index in [0.717, 1.165) is 29.7 Å². The Hall–Kier alpha value is -2.61. The van der Waals surface area contributed by atoms with Gasteiger partial charge in [0.25, 0.3) is 0 Å². The lowest BCUT2D eigenvalue weighted by molar-refractivity contribution is 0.0599. The maximum atomic E-state index is 12.0. The zero-order valence-electron chi connectivity index (χ0n) is 16.5. The van der Waals surface area contributed by atoms with E-state index in [4.69, 9.17) is 10.00 Å². The van der Waals surface area contributed by atoms with Gasteiger partial charge in [0, 0.05) is 6.20 Å². The Bertz CT molecular complexity index is 727. The molecule has 1 aromatic heterocycles. The molecule has 0 aliphatic carbocycles. The molecule has 26 heavy (non-hydrogen) atoms. The Balaban J connectivity index is 0.00000163. The number of carbonyl (C=O) groups excluding carboxylic acids is 1. The lowest BCUT2D eigenvalue weighted by Crippen LogP contribution is -2.07. The number of nitrogens with zero attached hydrogens (tertiary/aromatic N) is 3. The van der Waals surface area contributed by atoms with Crippen LogP contribution in [0.25, 0.3) is 0 Å². The second kappa shape index (κ2) is 11.1. The molecule has 5 heteroatoms. The van der Waals surface area contributed by atoms with Gasteiger partial charge in [0.05, 0.1) is 31.8 Å². The molecule has 0 spiro atoms. The quantitative estimate of drug-likeness (QED) is 0.690. The number of benzene rings is 1. The van der Waals surface area contributed by atoms with Crippen LogP contribution in [-0.2, 0) is 24.1 Å². The van der Waals surface area contributed by atoms with E-state index in [1.165, 1.54) is 7.11 Å². The first-order chi connectivity index (χ1) is 12.6. The molecule has 0 aliphatic heterocycles. The summed E-state index contributed by atoms with van der Waals surface area (Å²) < 4.78 is 6.66. The van der Waals surface area contributed by atoms with Crippen molar-refractivity contribution in [3.05, 3.63) is 52.8 Å². The molecule has 0 amide bonds. The van der Waals surface area contributed by atoms with Gasteiger partial charge in [-0.2, -0.15) is 10.4 Å². The highest BCUT2D eigenvalue weighted by molar-refractivity contribution is 5.90. The fraction of sp³-hybridized carbons (Fsp3) is 0.476. The molecule has 0 bridgehead atoms. The number of aromatic nitrogens is 2. The van der Waals surface area contributed by atoms with Crippen LogP contribution in [0.5, 0.6) is 0 Å². The molecule has 140 valence electrons. The summed E-state index contributed by atoms with van der Waals surface area (Å²) in [5.74, 6) is 0.117. The summed E-state index contributed by atoms with van der Waals surface area (Å²) in [6, 6.07) is 10.0. The Labute approximate surface area is 156 Å². The highest BCUT2D eigenvalue weighted by atomic mass is 16.5. The molecular formula is C21H29N3O2. The Morgan fingerprint density at radius 1 is 1.27 bits per heavy atom. The largest absolute Gasteiger partial charge is 0.465 e. The number of nitriles is 1. The molecule has 0 radical (unpaired) electrons. The molecule has 0 N–H and O–H groups in total. The van der Waals surface area contributed by atoms with Crippen LogP contribution in [-0.4, -0.2) is 22.9 Å². The minimum absolute atomic E-state index is 0.344. The smallest absolute Gasteiger partial charge is 0.341 e. The van der Waals surface area contributed by atoms with Gasteiger partial charge in [-0.25, -0.2) is 4.79 Å². The van der Waals surface area contributed by atoms with Gasteiger partial charge in [-0.3, -0.25) is 4.68 Å². The molecule has 0 saturated carbocycles. The van der Waals surface area contributed by atoms with Gasteiger partial charge in [-0.15, -0.1) is 0 Å². The van der Waals surface area contributed by atoms with Gasteiger partial charge >= 0.3 is 5.97 Å². The molecule has 0 saturated heterocycles. The van der Waals surface area contributed by atoms with Gasteiger partial charge in [-0.05, 0) is 23.5 Å². The van der Waals surface area contributed by atoms with Crippen molar-refractivity contribution in [2.45, 2.75) is 53.5 Å². The second-order valence-electron chi connectivity index (χ2n) is 6.05. The first-order valence-electron chi connectivity index (χ1n) is 9.16. The number of methoxy groups -OCH3 is 1. The molecule has 1 aromatic carbocycles. The predicted molar refractivity (Wildman–Crippen MR) is 103 cm³/mol. The Morgan fingerprint density at radius 3 is 2.42 bits per heavy atom. The van der Waals surface area contributed by atoms with E-state index in [1.807, 2.05) is 38.1 Å². The molecule has 0 fully saturated rings. The van der Waals surface area contributed by atoms with Crippen molar-refractivity contribution in [1.29, 1.82) is 5.26 Å². The first-order valence-corrected chi connectivity index (χ1v) is 9.16. The van der Waals surface area contributed by atoms with Gasteiger partial charge in [-0.1, -0.05) is 58.4 Å². The lowest BCUT2D eigenvalue weighted by Gasteiger charge is -2.07. The van der Waals surface area contributed by atoms with E-state index >= 15 is 0 Å². The summed E-state index contributed by atoms with van der Waals surface area (Å²) in [6.45, 7) is 8.85. The summed E-state index contributed by atoms with van der Waals surface area (Å²) in [7, 11) is 1.39. The summed E-state index contributed by atoms with van der Waals surface area (Å²) >= 11 is 0. The van der Waals surface area contributed by atoms with Crippen molar-refractivity contribution in [3.8, 4) is 6.07 Å². The van der Waals surface area contributed by atoms with Gasteiger partial charge < -0.3 is 4.74 Å². The van der Waals surface area contributed by atoms with Crippen LogP contribution in [0.4, 0.5) is 0 Å². The highest BCUT2D eigenvalue weighted by Crippen LogP contribution is 2.17. The zero-order valence-corrected chi connectivity index (χ0v) is 16.5. The van der Waals surface area contributed by atoms with Gasteiger partial charge in [0.2, 0.25) is 0 Å². The van der Waals surface area contributed by atoms with E-state index in [-0.39, 0.29) is 5.97 Å². The number of ether oxygens (including phenoxy) is 1. The molecule has 1 heterocycles. The fourth-order valence-electron chi connectivity index (χ4n) is 2.49. The number of rotatable bonds is 7. The topological polar surface area (TPSA) is 67.9 Å². The molecular weight excluding hydrogens is 326 g/mol. The minimum Gasteiger partial charge on any atom is -0.465 e. The molecule has 1 unspecified atom stereocenters. The first kappa shape index (κ1) is 21.4. The molecule has 5 nitrogen and oxygen atoms in total. The van der Waals surface area contributed by atoms with Crippen LogP contribution in [0.3, 0.4) is 0 Å². The van der Waals surface area contributed by atoms with Crippen LogP contribution >= 0.6 is 0 Å². The minimum atomic E-state index is -0.344. The normalized spacial score (nSPS) is 11.1. The summed E-state index contributed by atoms with van der Waals surface area (Å²) in [4.78, 5) is 12.0. The summed E-state index contributed by atoms with van der Waals surface area (Å²) in [5.41, 5.74) is 3.40. The Kier molecular flexibility index (Phi) is 9.14.